The molecule has 0 N–H and O–H groups in total. The van der Waals surface area contributed by atoms with Crippen molar-refractivity contribution < 1.29 is 21.6 Å². The predicted octanol–water partition coefficient (Wildman–Crippen LogP) is 6.18. The van der Waals surface area contributed by atoms with Crippen LogP contribution in [-0.2, 0) is 16.2 Å². The number of halogens is 3. The molecule has 33 heavy (non-hydrogen) atoms. The molecule has 0 radical (unpaired) electrons. The first kappa shape index (κ1) is 26.5. The Hall–Kier alpha value is -1.12. The molecule has 2 aliphatic rings. The van der Waals surface area contributed by atoms with Crippen molar-refractivity contribution in [2.75, 3.05) is 33.2 Å². The average Bonchev–Trinajstić information content (AvgIpc) is 2.80. The molecule has 1 saturated heterocycles. The maximum Gasteiger partial charge on any atom is 0.416 e. The van der Waals surface area contributed by atoms with E-state index in [1.807, 2.05) is 0 Å². The van der Waals surface area contributed by atoms with Crippen molar-refractivity contribution in [2.24, 2.45) is 11.8 Å². The van der Waals surface area contributed by atoms with Gasteiger partial charge in [-0.1, -0.05) is 38.5 Å². The molecule has 0 bridgehead atoms. The molecule has 1 aliphatic carbocycles. The summed E-state index contributed by atoms with van der Waals surface area (Å²) in [4.78, 5) is 2.51. The van der Waals surface area contributed by atoms with Gasteiger partial charge in [0.1, 0.15) is 0 Å². The summed E-state index contributed by atoms with van der Waals surface area (Å²) in [7, 11) is -2.25. The monoisotopic (exact) mass is 488 g/mol. The minimum atomic E-state index is -4.47. The molecular weight excluding hydrogens is 449 g/mol. The van der Waals surface area contributed by atoms with Crippen LogP contribution in [0.5, 0.6) is 0 Å². The summed E-state index contributed by atoms with van der Waals surface area (Å²) in [6.07, 6.45) is 9.08. The molecule has 1 aliphatic heterocycles. The van der Waals surface area contributed by atoms with Gasteiger partial charge >= 0.3 is 6.18 Å². The Morgan fingerprint density at radius 1 is 0.909 bits per heavy atom. The fourth-order valence-corrected chi connectivity index (χ4v) is 6.54. The van der Waals surface area contributed by atoms with E-state index >= 15 is 0 Å². The van der Waals surface area contributed by atoms with Crippen LogP contribution < -0.4 is 0 Å². The van der Waals surface area contributed by atoms with Gasteiger partial charge in [0.2, 0.25) is 10.0 Å². The van der Waals surface area contributed by atoms with Crippen LogP contribution in [0.3, 0.4) is 0 Å². The molecule has 0 spiro atoms. The number of hydrogen-bond acceptors (Lipinski definition) is 3. The number of alkyl halides is 3. The minimum Gasteiger partial charge on any atom is -0.303 e. The van der Waals surface area contributed by atoms with E-state index in [1.54, 1.807) is 0 Å². The second-order valence-electron chi connectivity index (χ2n) is 9.95. The molecule has 0 aromatic heterocycles. The molecule has 8 heteroatoms. The third-order valence-electron chi connectivity index (χ3n) is 7.41. The highest BCUT2D eigenvalue weighted by Gasteiger charge is 2.32. The van der Waals surface area contributed by atoms with Crippen molar-refractivity contribution in [3.63, 3.8) is 0 Å². The molecular formula is C25H39F3N2O2S. The molecule has 4 nitrogen and oxygen atoms in total. The van der Waals surface area contributed by atoms with Crippen molar-refractivity contribution in [1.82, 2.24) is 9.21 Å². The molecule has 1 aromatic rings. The minimum absolute atomic E-state index is 0.0868. The summed E-state index contributed by atoms with van der Waals surface area (Å²) in [5.41, 5.74) is -0.839. The Kier molecular flexibility index (Phi) is 9.65. The predicted molar refractivity (Wildman–Crippen MR) is 125 cm³/mol. The van der Waals surface area contributed by atoms with Crippen LogP contribution in [0.2, 0.25) is 0 Å². The first-order valence-electron chi connectivity index (χ1n) is 12.5. The van der Waals surface area contributed by atoms with E-state index < -0.39 is 21.8 Å². The fourth-order valence-electron chi connectivity index (χ4n) is 5.29. The van der Waals surface area contributed by atoms with Crippen LogP contribution in [0, 0.1) is 11.8 Å². The summed E-state index contributed by atoms with van der Waals surface area (Å²) >= 11 is 0. The second-order valence-corrected chi connectivity index (χ2v) is 12.0. The summed E-state index contributed by atoms with van der Waals surface area (Å²) in [6, 6.07) is 3.77. The molecule has 1 saturated carbocycles. The molecule has 1 aromatic carbocycles. The number of likely N-dealkylation sites (tertiary alicyclic amines) is 1. The molecule has 188 valence electrons. The number of sulfonamides is 1. The van der Waals surface area contributed by atoms with Gasteiger partial charge in [-0.15, -0.1) is 0 Å². The van der Waals surface area contributed by atoms with Crippen molar-refractivity contribution >= 4 is 10.0 Å². The smallest absolute Gasteiger partial charge is 0.303 e. The maximum absolute atomic E-state index is 12.8. The van der Waals surface area contributed by atoms with E-state index in [9.17, 15) is 21.6 Å². The molecule has 3 rings (SSSR count). The SMILES string of the molecule is CN(C[C@H]1CC[C@H](CCCCCN2CCCCC2)CC1)S(=O)(=O)c1ccc(C(F)(F)F)cc1. The van der Waals surface area contributed by atoms with Gasteiger partial charge in [0.25, 0.3) is 0 Å². The van der Waals surface area contributed by atoms with Gasteiger partial charge in [0.05, 0.1) is 10.5 Å². The largest absolute Gasteiger partial charge is 0.416 e. The summed E-state index contributed by atoms with van der Waals surface area (Å²) in [5.74, 6) is 1.06. The van der Waals surface area contributed by atoms with E-state index in [4.69, 9.17) is 0 Å². The van der Waals surface area contributed by atoms with Crippen molar-refractivity contribution in [3.05, 3.63) is 29.8 Å². The van der Waals surface area contributed by atoms with Gasteiger partial charge < -0.3 is 4.90 Å². The Morgan fingerprint density at radius 3 is 2.12 bits per heavy atom. The van der Waals surface area contributed by atoms with E-state index in [0.29, 0.717) is 12.5 Å². The molecule has 1 heterocycles. The van der Waals surface area contributed by atoms with Gasteiger partial charge in [0.15, 0.2) is 0 Å². The van der Waals surface area contributed by atoms with E-state index in [2.05, 4.69) is 4.90 Å². The van der Waals surface area contributed by atoms with Gasteiger partial charge in [-0.3, -0.25) is 0 Å². The van der Waals surface area contributed by atoms with E-state index in [0.717, 1.165) is 55.9 Å². The van der Waals surface area contributed by atoms with Gasteiger partial charge in [-0.25, -0.2) is 12.7 Å². The zero-order chi connectivity index (χ0) is 23.9. The first-order chi connectivity index (χ1) is 15.7. The van der Waals surface area contributed by atoms with Gasteiger partial charge in [-0.2, -0.15) is 13.2 Å². The molecule has 2 fully saturated rings. The third kappa shape index (κ3) is 7.96. The van der Waals surface area contributed by atoms with Gasteiger partial charge in [0, 0.05) is 13.6 Å². The zero-order valence-electron chi connectivity index (χ0n) is 19.8. The van der Waals surface area contributed by atoms with E-state index in [1.165, 1.54) is 75.9 Å². The lowest BCUT2D eigenvalue weighted by atomic mass is 9.80. The number of benzene rings is 1. The summed E-state index contributed by atoms with van der Waals surface area (Å²) in [6.45, 7) is 4.21. The second kappa shape index (κ2) is 12.0. The van der Waals surface area contributed by atoms with Crippen LogP contribution in [0.15, 0.2) is 29.2 Å². The first-order valence-corrected chi connectivity index (χ1v) is 14.0. The number of rotatable bonds is 10. The summed E-state index contributed by atoms with van der Waals surface area (Å²) in [5, 5.41) is 0. The topological polar surface area (TPSA) is 40.6 Å². The summed E-state index contributed by atoms with van der Waals surface area (Å²) < 4.78 is 65.1. The highest BCUT2D eigenvalue weighted by atomic mass is 32.2. The number of nitrogens with zero attached hydrogens (tertiary/aromatic N) is 2. The fraction of sp³-hybridized carbons (Fsp3) is 0.760. The highest BCUT2D eigenvalue weighted by Crippen LogP contribution is 2.34. The van der Waals surface area contributed by atoms with Crippen LogP contribution in [0.4, 0.5) is 13.2 Å². The lowest BCUT2D eigenvalue weighted by Crippen LogP contribution is -2.33. The van der Waals surface area contributed by atoms with Crippen LogP contribution in [0.25, 0.3) is 0 Å². The number of piperidine rings is 1. The van der Waals surface area contributed by atoms with Crippen molar-refractivity contribution in [3.8, 4) is 0 Å². The number of hydrogen-bond donors (Lipinski definition) is 0. The Balaban J connectivity index is 1.35. The molecule has 0 amide bonds. The van der Waals surface area contributed by atoms with E-state index in [-0.39, 0.29) is 4.90 Å². The normalized spacial score (nSPS) is 23.2. The van der Waals surface area contributed by atoms with Crippen molar-refractivity contribution in [2.45, 2.75) is 81.7 Å². The maximum atomic E-state index is 12.8. The number of unbranched alkanes of at least 4 members (excludes halogenated alkanes) is 2. The quantitative estimate of drug-likeness (QED) is 0.369. The standard InChI is InChI=1S/C25H39F3N2O2S/c1-29(33(31,32)24-15-13-23(14-16-24)25(26,27)28)20-22-11-9-21(10-12-22)8-4-2-5-17-30-18-6-3-7-19-30/h13-16,21-22H,2-12,17-20H2,1H3/t21-,22-. The molecule has 0 atom stereocenters. The van der Waals surface area contributed by atoms with Crippen molar-refractivity contribution in [1.29, 1.82) is 0 Å². The average molecular weight is 489 g/mol. The van der Waals surface area contributed by atoms with Crippen LogP contribution in [0.1, 0.15) is 76.2 Å². The van der Waals surface area contributed by atoms with Crippen LogP contribution in [-0.4, -0.2) is 50.8 Å². The van der Waals surface area contributed by atoms with Crippen LogP contribution >= 0.6 is 0 Å². The lowest BCUT2D eigenvalue weighted by molar-refractivity contribution is -0.137. The lowest BCUT2D eigenvalue weighted by Gasteiger charge is -2.31. The molecule has 0 unspecified atom stereocenters. The Bertz CT molecular complexity index is 813. The van der Waals surface area contributed by atoms with Gasteiger partial charge in [-0.05, 0) is 87.8 Å². The Morgan fingerprint density at radius 2 is 1.52 bits per heavy atom. The highest BCUT2D eigenvalue weighted by molar-refractivity contribution is 7.89. The zero-order valence-corrected chi connectivity index (χ0v) is 20.6. The Labute approximate surface area is 197 Å². The third-order valence-corrected chi connectivity index (χ3v) is 9.24.